The molecule has 1 aromatic heterocycles. The molecule has 0 aliphatic heterocycles. The fraction of sp³-hybridized carbons (Fsp3) is 0.263. The van der Waals surface area contributed by atoms with Gasteiger partial charge in [-0.3, -0.25) is 4.98 Å². The summed E-state index contributed by atoms with van der Waals surface area (Å²) in [6.07, 6.45) is 1.69. The molecule has 0 spiro atoms. The average Bonchev–Trinajstić information content (AvgIpc) is 2.63. The zero-order valence-corrected chi connectivity index (χ0v) is 14.6. The molecule has 0 atom stereocenters. The van der Waals surface area contributed by atoms with E-state index in [2.05, 4.69) is 15.3 Å². The molecule has 1 heterocycles. The highest BCUT2D eigenvalue weighted by atomic mass is 16.5. The Kier molecular flexibility index (Phi) is 5.18. The number of benzene rings is 2. The summed E-state index contributed by atoms with van der Waals surface area (Å²) in [7, 11) is 1.64. The minimum absolute atomic E-state index is 0.556. The van der Waals surface area contributed by atoms with Gasteiger partial charge in [0.15, 0.2) is 11.5 Å². The maximum Gasteiger partial charge on any atom is 0.163 e. The van der Waals surface area contributed by atoms with Crippen LogP contribution in [0.5, 0.6) is 17.2 Å². The Bertz CT molecular complexity index is 868. The highest BCUT2D eigenvalue weighted by molar-refractivity contribution is 5.80. The average molecular weight is 339 g/mol. The monoisotopic (exact) mass is 339 g/mol. The molecule has 130 valence electrons. The minimum atomic E-state index is 0.556. The van der Waals surface area contributed by atoms with Crippen LogP contribution in [0, 0.1) is 0 Å². The van der Waals surface area contributed by atoms with Crippen LogP contribution in [0.15, 0.2) is 42.6 Å². The van der Waals surface area contributed by atoms with Crippen LogP contribution in [0.4, 0.5) is 11.5 Å². The number of nitrogens with zero attached hydrogens (tertiary/aromatic N) is 2. The van der Waals surface area contributed by atoms with Crippen LogP contribution in [-0.4, -0.2) is 30.3 Å². The highest BCUT2D eigenvalue weighted by Crippen LogP contribution is 2.32. The lowest BCUT2D eigenvalue weighted by molar-refractivity contribution is 0.288. The molecule has 6 nitrogen and oxygen atoms in total. The van der Waals surface area contributed by atoms with Crippen LogP contribution in [0.3, 0.4) is 0 Å². The van der Waals surface area contributed by atoms with Crippen LogP contribution in [-0.2, 0) is 0 Å². The third-order valence-electron chi connectivity index (χ3n) is 3.55. The van der Waals surface area contributed by atoms with Crippen molar-refractivity contribution in [2.45, 2.75) is 13.8 Å². The fourth-order valence-corrected chi connectivity index (χ4v) is 2.47. The minimum Gasteiger partial charge on any atom is -0.497 e. The first kappa shape index (κ1) is 16.8. The second-order valence-electron chi connectivity index (χ2n) is 5.27. The molecule has 6 heteroatoms. The van der Waals surface area contributed by atoms with Crippen molar-refractivity contribution in [3.63, 3.8) is 0 Å². The number of rotatable bonds is 7. The zero-order valence-electron chi connectivity index (χ0n) is 14.6. The number of nitrogens with one attached hydrogen (secondary N) is 1. The summed E-state index contributed by atoms with van der Waals surface area (Å²) in [6, 6.07) is 11.4. The van der Waals surface area contributed by atoms with Gasteiger partial charge < -0.3 is 19.5 Å². The summed E-state index contributed by atoms with van der Waals surface area (Å²) < 4.78 is 16.5. The summed E-state index contributed by atoms with van der Waals surface area (Å²) in [5.74, 6) is 2.77. The van der Waals surface area contributed by atoms with E-state index in [0.717, 1.165) is 22.5 Å². The SMILES string of the molecule is CCOc1cc2ncc(Nc3cccc(OC)c3)nc2cc1OCC. The van der Waals surface area contributed by atoms with Crippen molar-refractivity contribution < 1.29 is 14.2 Å². The van der Waals surface area contributed by atoms with Gasteiger partial charge in [-0.15, -0.1) is 0 Å². The molecule has 3 aromatic rings. The van der Waals surface area contributed by atoms with Crippen molar-refractivity contribution in [2.75, 3.05) is 25.6 Å². The van der Waals surface area contributed by atoms with Gasteiger partial charge in [0, 0.05) is 23.9 Å². The fourth-order valence-electron chi connectivity index (χ4n) is 2.47. The van der Waals surface area contributed by atoms with Crippen LogP contribution in [0.25, 0.3) is 11.0 Å². The lowest BCUT2D eigenvalue weighted by Crippen LogP contribution is -2.00. The lowest BCUT2D eigenvalue weighted by Gasteiger charge is -2.12. The molecule has 0 fully saturated rings. The second-order valence-corrected chi connectivity index (χ2v) is 5.27. The summed E-state index contributed by atoms with van der Waals surface area (Å²) in [5, 5.41) is 3.24. The molecule has 0 saturated carbocycles. The van der Waals surface area contributed by atoms with Gasteiger partial charge >= 0.3 is 0 Å². The van der Waals surface area contributed by atoms with Gasteiger partial charge in [-0.25, -0.2) is 4.98 Å². The zero-order chi connectivity index (χ0) is 17.6. The maximum atomic E-state index is 5.66. The van der Waals surface area contributed by atoms with Crippen molar-refractivity contribution in [3.8, 4) is 17.2 Å². The Balaban J connectivity index is 1.93. The molecule has 0 unspecified atom stereocenters. The van der Waals surface area contributed by atoms with Crippen molar-refractivity contribution in [2.24, 2.45) is 0 Å². The number of methoxy groups -OCH3 is 1. The van der Waals surface area contributed by atoms with E-state index in [4.69, 9.17) is 14.2 Å². The predicted octanol–water partition coefficient (Wildman–Crippen LogP) is 4.18. The van der Waals surface area contributed by atoms with Crippen LogP contribution >= 0.6 is 0 Å². The standard InChI is InChI=1S/C19H21N3O3/c1-4-24-17-10-15-16(11-18(17)25-5-2)22-19(12-20-15)21-13-7-6-8-14(9-13)23-3/h6-12H,4-5H2,1-3H3,(H,21,22). The maximum absolute atomic E-state index is 5.66. The van der Waals surface area contributed by atoms with Gasteiger partial charge in [0.1, 0.15) is 11.6 Å². The van der Waals surface area contributed by atoms with Crippen LogP contribution < -0.4 is 19.5 Å². The third-order valence-corrected chi connectivity index (χ3v) is 3.55. The molecule has 2 aromatic carbocycles. The number of hydrogen-bond donors (Lipinski definition) is 1. The normalized spacial score (nSPS) is 10.5. The third kappa shape index (κ3) is 3.91. The number of hydrogen-bond acceptors (Lipinski definition) is 6. The highest BCUT2D eigenvalue weighted by Gasteiger charge is 2.10. The van der Waals surface area contributed by atoms with E-state index < -0.39 is 0 Å². The summed E-state index contributed by atoms with van der Waals surface area (Å²) in [4.78, 5) is 9.09. The first-order chi connectivity index (χ1) is 12.2. The summed E-state index contributed by atoms with van der Waals surface area (Å²) in [5.41, 5.74) is 2.37. The Morgan fingerprint density at radius 3 is 2.36 bits per heavy atom. The molecule has 0 amide bonds. The van der Waals surface area contributed by atoms with E-state index in [1.165, 1.54) is 0 Å². The van der Waals surface area contributed by atoms with Gasteiger partial charge in [-0.2, -0.15) is 0 Å². The predicted molar refractivity (Wildman–Crippen MR) is 98.2 cm³/mol. The Morgan fingerprint density at radius 2 is 1.68 bits per heavy atom. The van der Waals surface area contributed by atoms with Gasteiger partial charge in [-0.1, -0.05) is 6.07 Å². The van der Waals surface area contributed by atoms with Gasteiger partial charge in [0.25, 0.3) is 0 Å². The van der Waals surface area contributed by atoms with E-state index in [1.54, 1.807) is 13.3 Å². The van der Waals surface area contributed by atoms with Gasteiger partial charge in [0.2, 0.25) is 0 Å². The van der Waals surface area contributed by atoms with Crippen molar-refractivity contribution in [1.82, 2.24) is 9.97 Å². The smallest absolute Gasteiger partial charge is 0.163 e. The quantitative estimate of drug-likeness (QED) is 0.696. The van der Waals surface area contributed by atoms with Crippen LogP contribution in [0.2, 0.25) is 0 Å². The van der Waals surface area contributed by atoms with Crippen LogP contribution in [0.1, 0.15) is 13.8 Å². The topological polar surface area (TPSA) is 65.5 Å². The first-order valence-electron chi connectivity index (χ1n) is 8.21. The molecular formula is C19H21N3O3. The Morgan fingerprint density at radius 1 is 0.960 bits per heavy atom. The second kappa shape index (κ2) is 7.70. The van der Waals surface area contributed by atoms with E-state index >= 15 is 0 Å². The van der Waals surface area contributed by atoms with Gasteiger partial charge in [-0.05, 0) is 26.0 Å². The van der Waals surface area contributed by atoms with E-state index in [0.29, 0.717) is 30.5 Å². The van der Waals surface area contributed by atoms with Crippen molar-refractivity contribution in [3.05, 3.63) is 42.6 Å². The number of aromatic nitrogens is 2. The molecule has 25 heavy (non-hydrogen) atoms. The molecule has 0 saturated heterocycles. The van der Waals surface area contributed by atoms with Crippen molar-refractivity contribution >= 4 is 22.5 Å². The largest absolute Gasteiger partial charge is 0.497 e. The molecule has 0 aliphatic rings. The number of anilines is 2. The molecule has 0 aliphatic carbocycles. The lowest BCUT2D eigenvalue weighted by atomic mass is 10.2. The molecule has 0 bridgehead atoms. The summed E-state index contributed by atoms with van der Waals surface area (Å²) in [6.45, 7) is 4.99. The van der Waals surface area contributed by atoms with Crippen molar-refractivity contribution in [1.29, 1.82) is 0 Å². The Labute approximate surface area is 146 Å². The van der Waals surface area contributed by atoms with E-state index in [1.807, 2.05) is 50.2 Å². The molecule has 1 N–H and O–H groups in total. The number of fused-ring (bicyclic) bond motifs is 1. The molecule has 3 rings (SSSR count). The number of ether oxygens (including phenoxy) is 3. The first-order valence-corrected chi connectivity index (χ1v) is 8.21. The molecule has 0 radical (unpaired) electrons. The van der Waals surface area contributed by atoms with E-state index in [-0.39, 0.29) is 0 Å². The van der Waals surface area contributed by atoms with E-state index in [9.17, 15) is 0 Å². The summed E-state index contributed by atoms with van der Waals surface area (Å²) >= 11 is 0. The molecular weight excluding hydrogens is 318 g/mol. The Hall–Kier alpha value is -3.02. The van der Waals surface area contributed by atoms with Gasteiger partial charge in [0.05, 0.1) is 37.6 Å².